The molecule has 0 saturated carbocycles. The molecular weight excluding hydrogens is 280 g/mol. The Balaban J connectivity index is 0.00000324. The van der Waals surface area contributed by atoms with Gasteiger partial charge in [-0.1, -0.05) is 27.7 Å². The van der Waals surface area contributed by atoms with Crippen LogP contribution in [-0.2, 0) is 4.79 Å². The summed E-state index contributed by atoms with van der Waals surface area (Å²) in [6.45, 7) is 11.7. The monoisotopic (exact) mass is 308 g/mol. The van der Waals surface area contributed by atoms with Crippen molar-refractivity contribution in [3.8, 4) is 0 Å². The molecule has 1 amide bonds. The van der Waals surface area contributed by atoms with Gasteiger partial charge in [-0.3, -0.25) is 4.79 Å². The maximum absolute atomic E-state index is 12.4. The topological polar surface area (TPSA) is 32.3 Å². The van der Waals surface area contributed by atoms with Gasteiger partial charge >= 0.3 is 0 Å². The molecule has 0 aromatic rings. The van der Waals surface area contributed by atoms with Crippen molar-refractivity contribution in [2.24, 2.45) is 0 Å². The number of nitrogens with one attached hydrogen (secondary N) is 1. The molecule has 0 aliphatic carbocycles. The Labute approximate surface area is 128 Å². The highest BCUT2D eigenvalue weighted by molar-refractivity contribution is 8.01. The average Bonchev–Trinajstić information content (AvgIpc) is 2.33. The fourth-order valence-corrected chi connectivity index (χ4v) is 2.95. The van der Waals surface area contributed by atoms with Crippen LogP contribution in [0.2, 0.25) is 0 Å². The minimum Gasteiger partial charge on any atom is -0.339 e. The first-order valence-electron chi connectivity index (χ1n) is 7.08. The first kappa shape index (κ1) is 19.1. The summed E-state index contributed by atoms with van der Waals surface area (Å²) in [6.07, 6.45) is 3.26. The lowest BCUT2D eigenvalue weighted by atomic mass is 10.0. The Morgan fingerprint density at radius 2 is 1.89 bits per heavy atom. The fraction of sp³-hybridized carbons (Fsp3) is 0.929. The Hall–Kier alpha value is 0.0700. The highest BCUT2D eigenvalue weighted by atomic mass is 35.5. The molecule has 0 aromatic heterocycles. The van der Waals surface area contributed by atoms with Crippen molar-refractivity contribution in [1.29, 1.82) is 0 Å². The van der Waals surface area contributed by atoms with Crippen molar-refractivity contribution in [2.75, 3.05) is 25.4 Å². The minimum atomic E-state index is 0. The fourth-order valence-electron chi connectivity index (χ4n) is 2.23. The molecule has 1 fully saturated rings. The Morgan fingerprint density at radius 3 is 2.37 bits per heavy atom. The lowest BCUT2D eigenvalue weighted by molar-refractivity contribution is -0.131. The van der Waals surface area contributed by atoms with E-state index in [1.54, 1.807) is 11.8 Å². The van der Waals surface area contributed by atoms with Crippen LogP contribution in [0.25, 0.3) is 0 Å². The summed E-state index contributed by atoms with van der Waals surface area (Å²) in [5.41, 5.74) is 0. The molecule has 1 rings (SSSR count). The lowest BCUT2D eigenvalue weighted by Gasteiger charge is -2.35. The predicted octanol–water partition coefficient (Wildman–Crippen LogP) is 2.93. The van der Waals surface area contributed by atoms with Gasteiger partial charge in [0.2, 0.25) is 5.91 Å². The Morgan fingerprint density at radius 1 is 1.32 bits per heavy atom. The van der Waals surface area contributed by atoms with Gasteiger partial charge in [0.05, 0.1) is 5.75 Å². The van der Waals surface area contributed by atoms with Gasteiger partial charge in [-0.05, 0) is 32.4 Å². The molecule has 0 aromatic carbocycles. The Bertz CT molecular complexity index is 263. The minimum absolute atomic E-state index is 0. The van der Waals surface area contributed by atoms with E-state index in [-0.39, 0.29) is 17.2 Å². The quantitative estimate of drug-likeness (QED) is 0.847. The van der Waals surface area contributed by atoms with Crippen LogP contribution >= 0.6 is 24.2 Å². The zero-order valence-corrected chi connectivity index (χ0v) is 14.3. The summed E-state index contributed by atoms with van der Waals surface area (Å²) in [7, 11) is 0. The number of nitrogens with zero attached hydrogens (tertiary/aromatic N) is 1. The molecule has 1 aliphatic heterocycles. The first-order chi connectivity index (χ1) is 8.44. The van der Waals surface area contributed by atoms with E-state index in [9.17, 15) is 4.79 Å². The second kappa shape index (κ2) is 9.09. The summed E-state index contributed by atoms with van der Waals surface area (Å²) in [5, 5.41) is 3.36. The summed E-state index contributed by atoms with van der Waals surface area (Å²) < 4.78 is 0.168. The zero-order valence-electron chi connectivity index (χ0n) is 12.7. The summed E-state index contributed by atoms with van der Waals surface area (Å²) >= 11 is 1.75. The number of thioether (sulfide) groups is 1. The molecule has 114 valence electrons. The van der Waals surface area contributed by atoms with E-state index in [4.69, 9.17) is 0 Å². The van der Waals surface area contributed by atoms with Gasteiger partial charge in [-0.2, -0.15) is 0 Å². The highest BCUT2D eigenvalue weighted by Gasteiger charge is 2.25. The molecular formula is C14H29ClN2OS. The van der Waals surface area contributed by atoms with Gasteiger partial charge in [0, 0.05) is 17.3 Å². The van der Waals surface area contributed by atoms with Crippen LogP contribution in [0.5, 0.6) is 0 Å². The number of halogens is 1. The molecule has 1 heterocycles. The molecule has 0 radical (unpaired) electrons. The SMILES string of the molecule is CCCN(C(=O)CSC(C)(C)C)C1CCNCC1.Cl. The molecule has 1 saturated heterocycles. The van der Waals surface area contributed by atoms with E-state index in [2.05, 4.69) is 37.9 Å². The van der Waals surface area contributed by atoms with Crippen LogP contribution in [0.4, 0.5) is 0 Å². The summed E-state index contributed by atoms with van der Waals surface area (Å²) in [4.78, 5) is 14.5. The summed E-state index contributed by atoms with van der Waals surface area (Å²) in [6, 6.07) is 0.458. The molecule has 0 unspecified atom stereocenters. The highest BCUT2D eigenvalue weighted by Crippen LogP contribution is 2.24. The second-order valence-corrected chi connectivity index (χ2v) is 7.77. The normalized spacial score (nSPS) is 16.8. The molecule has 1 N–H and O–H groups in total. The molecule has 0 spiro atoms. The van der Waals surface area contributed by atoms with Gasteiger partial charge in [0.25, 0.3) is 0 Å². The smallest absolute Gasteiger partial charge is 0.232 e. The van der Waals surface area contributed by atoms with Gasteiger partial charge in [0.15, 0.2) is 0 Å². The third-order valence-electron chi connectivity index (χ3n) is 3.16. The third kappa shape index (κ3) is 7.42. The zero-order chi connectivity index (χ0) is 13.6. The van der Waals surface area contributed by atoms with Gasteiger partial charge in [-0.15, -0.1) is 24.2 Å². The number of rotatable bonds is 5. The van der Waals surface area contributed by atoms with Crippen LogP contribution < -0.4 is 5.32 Å². The molecule has 0 bridgehead atoms. The maximum atomic E-state index is 12.4. The molecule has 5 heteroatoms. The number of carbonyl (C=O) groups is 1. The molecule has 19 heavy (non-hydrogen) atoms. The van der Waals surface area contributed by atoms with Gasteiger partial charge in [0.1, 0.15) is 0 Å². The van der Waals surface area contributed by atoms with E-state index in [0.717, 1.165) is 38.9 Å². The van der Waals surface area contributed by atoms with Crippen LogP contribution in [0.15, 0.2) is 0 Å². The van der Waals surface area contributed by atoms with Gasteiger partial charge in [-0.25, -0.2) is 0 Å². The predicted molar refractivity (Wildman–Crippen MR) is 87.4 cm³/mol. The maximum Gasteiger partial charge on any atom is 0.232 e. The number of piperidine rings is 1. The number of hydrogen-bond donors (Lipinski definition) is 1. The van der Waals surface area contributed by atoms with Crippen LogP contribution in [0.3, 0.4) is 0 Å². The van der Waals surface area contributed by atoms with Crippen molar-refractivity contribution >= 4 is 30.1 Å². The van der Waals surface area contributed by atoms with E-state index in [1.807, 2.05) is 0 Å². The first-order valence-corrected chi connectivity index (χ1v) is 8.06. The third-order valence-corrected chi connectivity index (χ3v) is 4.42. The lowest BCUT2D eigenvalue weighted by Crippen LogP contribution is -2.47. The number of amides is 1. The van der Waals surface area contributed by atoms with Crippen molar-refractivity contribution in [3.05, 3.63) is 0 Å². The van der Waals surface area contributed by atoms with Crippen molar-refractivity contribution in [1.82, 2.24) is 10.2 Å². The van der Waals surface area contributed by atoms with E-state index in [0.29, 0.717) is 17.7 Å². The van der Waals surface area contributed by atoms with Gasteiger partial charge < -0.3 is 10.2 Å². The van der Waals surface area contributed by atoms with E-state index in [1.165, 1.54) is 0 Å². The standard InChI is InChI=1S/C14H28N2OS.ClH/c1-5-10-16(12-6-8-15-9-7-12)13(17)11-18-14(2,3)4;/h12,15H,5-11H2,1-4H3;1H. The molecule has 0 atom stereocenters. The van der Waals surface area contributed by atoms with Crippen molar-refractivity contribution in [3.63, 3.8) is 0 Å². The number of hydrogen-bond acceptors (Lipinski definition) is 3. The Kier molecular flexibility index (Phi) is 9.12. The van der Waals surface area contributed by atoms with E-state index < -0.39 is 0 Å². The molecule has 1 aliphatic rings. The largest absolute Gasteiger partial charge is 0.339 e. The summed E-state index contributed by atoms with van der Waals surface area (Å²) in [5.74, 6) is 0.941. The molecule has 3 nitrogen and oxygen atoms in total. The van der Waals surface area contributed by atoms with Crippen molar-refractivity contribution in [2.45, 2.75) is 57.7 Å². The second-order valence-electron chi connectivity index (χ2n) is 5.97. The van der Waals surface area contributed by atoms with Crippen LogP contribution in [0.1, 0.15) is 47.0 Å². The average molecular weight is 309 g/mol. The van der Waals surface area contributed by atoms with E-state index >= 15 is 0 Å². The van der Waals surface area contributed by atoms with Crippen molar-refractivity contribution < 1.29 is 4.79 Å². The van der Waals surface area contributed by atoms with Crippen LogP contribution in [0, 0.1) is 0 Å². The van der Waals surface area contributed by atoms with Crippen LogP contribution in [-0.4, -0.2) is 47.0 Å². The number of carbonyl (C=O) groups excluding carboxylic acids is 1.